The van der Waals surface area contributed by atoms with Crippen LogP contribution < -0.4 is 21.7 Å². The number of nitrogens with zero attached hydrogens (tertiary/aromatic N) is 1. The van der Waals surface area contributed by atoms with E-state index < -0.39 is 47.7 Å². The molecule has 1 fully saturated rings. The molecule has 1 aliphatic heterocycles. The van der Waals surface area contributed by atoms with E-state index in [4.69, 9.17) is 5.73 Å². The van der Waals surface area contributed by atoms with E-state index in [2.05, 4.69) is 16.0 Å². The van der Waals surface area contributed by atoms with Crippen LogP contribution in [0.4, 0.5) is 0 Å². The summed E-state index contributed by atoms with van der Waals surface area (Å²) in [5.41, 5.74) is 5.25. The number of likely N-dealkylation sites (tertiary alicyclic amines) is 1. The summed E-state index contributed by atoms with van der Waals surface area (Å²) in [7, 11) is 0. The van der Waals surface area contributed by atoms with Crippen molar-refractivity contribution in [3.63, 3.8) is 0 Å². The smallest absolute Gasteiger partial charge is 0.326 e. The summed E-state index contributed by atoms with van der Waals surface area (Å²) in [6.07, 6.45) is 0.962. The van der Waals surface area contributed by atoms with E-state index >= 15 is 0 Å². The van der Waals surface area contributed by atoms with Crippen LogP contribution in [0.3, 0.4) is 0 Å². The molecule has 1 rings (SSSR count). The largest absolute Gasteiger partial charge is 0.480 e. The van der Waals surface area contributed by atoms with Crippen molar-refractivity contribution in [2.45, 2.75) is 58.7 Å². The van der Waals surface area contributed by atoms with Gasteiger partial charge in [0.05, 0.1) is 13.1 Å². The van der Waals surface area contributed by atoms with Gasteiger partial charge < -0.3 is 31.7 Å². The quantitative estimate of drug-likeness (QED) is 0.280. The first-order valence-corrected chi connectivity index (χ1v) is 10.1. The molecule has 0 bridgehead atoms. The van der Waals surface area contributed by atoms with Crippen molar-refractivity contribution in [1.82, 2.24) is 20.9 Å². The summed E-state index contributed by atoms with van der Waals surface area (Å²) in [5, 5.41) is 16.8. The van der Waals surface area contributed by atoms with Gasteiger partial charge in [0.15, 0.2) is 0 Å². The highest BCUT2D eigenvalue weighted by atomic mass is 16.4. The molecule has 30 heavy (non-hydrogen) atoms. The maximum atomic E-state index is 12.8. The Labute approximate surface area is 176 Å². The molecule has 1 aliphatic rings. The summed E-state index contributed by atoms with van der Waals surface area (Å²) in [5.74, 6) is -3.64. The molecular weight excluding hydrogens is 394 g/mol. The Morgan fingerprint density at radius 2 is 1.57 bits per heavy atom. The molecule has 0 aromatic carbocycles. The first-order chi connectivity index (χ1) is 14.0. The lowest BCUT2D eigenvalue weighted by atomic mass is 10.0. The average molecular weight is 428 g/mol. The molecule has 3 atom stereocenters. The Bertz CT molecular complexity index is 666. The first kappa shape index (κ1) is 25.3. The second kappa shape index (κ2) is 11.5. The third kappa shape index (κ3) is 6.97. The van der Waals surface area contributed by atoms with Crippen molar-refractivity contribution in [2.75, 3.05) is 19.6 Å². The molecule has 6 N–H and O–H groups in total. The zero-order valence-corrected chi connectivity index (χ0v) is 17.9. The molecule has 4 amide bonds. The SMILES string of the molecule is CC(C)C(NC(=O)CN)C(=O)NCC(=O)NC(C(=O)N1CCCC1C(=O)O)C(C)C. The highest BCUT2D eigenvalue weighted by Crippen LogP contribution is 2.20. The summed E-state index contributed by atoms with van der Waals surface area (Å²) in [6, 6.07) is -2.65. The minimum atomic E-state index is -1.07. The van der Waals surface area contributed by atoms with Gasteiger partial charge in [-0.15, -0.1) is 0 Å². The van der Waals surface area contributed by atoms with Crippen molar-refractivity contribution in [3.05, 3.63) is 0 Å². The number of carbonyl (C=O) groups is 5. The molecule has 11 nitrogen and oxygen atoms in total. The number of hydrogen-bond acceptors (Lipinski definition) is 6. The van der Waals surface area contributed by atoms with Crippen molar-refractivity contribution in [1.29, 1.82) is 0 Å². The Morgan fingerprint density at radius 3 is 2.07 bits per heavy atom. The third-order valence-corrected chi connectivity index (χ3v) is 4.94. The minimum absolute atomic E-state index is 0.225. The molecule has 0 aliphatic carbocycles. The Kier molecular flexibility index (Phi) is 9.70. The number of nitrogens with one attached hydrogen (secondary N) is 3. The second-order valence-electron chi connectivity index (χ2n) is 8.03. The van der Waals surface area contributed by atoms with Gasteiger partial charge in [0.25, 0.3) is 0 Å². The van der Waals surface area contributed by atoms with Gasteiger partial charge in [-0.3, -0.25) is 19.2 Å². The predicted molar refractivity (Wildman–Crippen MR) is 108 cm³/mol. The van der Waals surface area contributed by atoms with Crippen molar-refractivity contribution in [3.8, 4) is 0 Å². The number of carboxylic acids is 1. The van der Waals surface area contributed by atoms with Crippen molar-refractivity contribution in [2.24, 2.45) is 17.6 Å². The van der Waals surface area contributed by atoms with Crippen LogP contribution in [0, 0.1) is 11.8 Å². The summed E-state index contributed by atoms with van der Waals surface area (Å²) >= 11 is 0. The lowest BCUT2D eigenvalue weighted by molar-refractivity contribution is -0.150. The number of hydrogen-bond donors (Lipinski definition) is 5. The number of aliphatic carboxylic acids is 1. The van der Waals surface area contributed by atoms with Gasteiger partial charge in [-0.25, -0.2) is 4.79 Å². The van der Waals surface area contributed by atoms with E-state index in [-0.39, 0.29) is 24.9 Å². The van der Waals surface area contributed by atoms with Crippen molar-refractivity contribution < 1.29 is 29.1 Å². The Hall–Kier alpha value is -2.69. The maximum absolute atomic E-state index is 12.8. The predicted octanol–water partition coefficient (Wildman–Crippen LogP) is -1.58. The molecule has 0 radical (unpaired) electrons. The first-order valence-electron chi connectivity index (χ1n) is 10.1. The fourth-order valence-electron chi connectivity index (χ4n) is 3.25. The molecule has 1 heterocycles. The van der Waals surface area contributed by atoms with Gasteiger partial charge >= 0.3 is 5.97 Å². The molecule has 11 heteroatoms. The number of nitrogens with two attached hydrogens (primary N) is 1. The number of rotatable bonds is 10. The van der Waals surface area contributed by atoms with Crippen LogP contribution in [-0.4, -0.2) is 77.4 Å². The highest BCUT2D eigenvalue weighted by Gasteiger charge is 2.38. The van der Waals surface area contributed by atoms with Crippen LogP contribution in [0.5, 0.6) is 0 Å². The molecule has 0 saturated carbocycles. The molecule has 170 valence electrons. The molecule has 3 unspecified atom stereocenters. The zero-order valence-electron chi connectivity index (χ0n) is 17.9. The van der Waals surface area contributed by atoms with Crippen LogP contribution in [0.15, 0.2) is 0 Å². The van der Waals surface area contributed by atoms with Gasteiger partial charge in [0.1, 0.15) is 18.1 Å². The van der Waals surface area contributed by atoms with E-state index in [1.165, 1.54) is 4.90 Å². The Balaban J connectivity index is 2.71. The van der Waals surface area contributed by atoms with Gasteiger partial charge in [0.2, 0.25) is 23.6 Å². The summed E-state index contributed by atoms with van der Waals surface area (Å²) in [6.45, 7) is 6.63. The van der Waals surface area contributed by atoms with Gasteiger partial charge in [-0.1, -0.05) is 27.7 Å². The second-order valence-corrected chi connectivity index (χ2v) is 8.03. The van der Waals surface area contributed by atoms with Gasteiger partial charge in [-0.05, 0) is 24.7 Å². The van der Waals surface area contributed by atoms with Crippen LogP contribution in [0.1, 0.15) is 40.5 Å². The average Bonchev–Trinajstić information content (AvgIpc) is 3.17. The van der Waals surface area contributed by atoms with E-state index in [1.807, 2.05) is 0 Å². The highest BCUT2D eigenvalue weighted by molar-refractivity contribution is 5.94. The van der Waals surface area contributed by atoms with Crippen LogP contribution in [-0.2, 0) is 24.0 Å². The molecule has 0 aromatic heterocycles. The maximum Gasteiger partial charge on any atom is 0.326 e. The summed E-state index contributed by atoms with van der Waals surface area (Å²) in [4.78, 5) is 61.6. The zero-order chi connectivity index (χ0) is 23.0. The lowest BCUT2D eigenvalue weighted by Gasteiger charge is -2.29. The fourth-order valence-corrected chi connectivity index (χ4v) is 3.25. The Morgan fingerprint density at radius 1 is 1.00 bits per heavy atom. The molecule has 0 spiro atoms. The minimum Gasteiger partial charge on any atom is -0.480 e. The van der Waals surface area contributed by atoms with Crippen LogP contribution in [0.25, 0.3) is 0 Å². The lowest BCUT2D eigenvalue weighted by Crippen LogP contribution is -2.56. The summed E-state index contributed by atoms with van der Waals surface area (Å²) < 4.78 is 0. The molecule has 0 aromatic rings. The van der Waals surface area contributed by atoms with E-state index in [0.717, 1.165) is 0 Å². The van der Waals surface area contributed by atoms with Gasteiger partial charge in [-0.2, -0.15) is 0 Å². The van der Waals surface area contributed by atoms with E-state index in [9.17, 15) is 29.1 Å². The topological polar surface area (TPSA) is 171 Å². The molecule has 1 saturated heterocycles. The number of amides is 4. The molecular formula is C19H33N5O6. The van der Waals surface area contributed by atoms with Crippen molar-refractivity contribution >= 4 is 29.6 Å². The van der Waals surface area contributed by atoms with Crippen LogP contribution >= 0.6 is 0 Å². The van der Waals surface area contributed by atoms with Crippen LogP contribution in [0.2, 0.25) is 0 Å². The number of carbonyl (C=O) groups excluding carboxylic acids is 4. The third-order valence-electron chi connectivity index (χ3n) is 4.94. The normalized spacial score (nSPS) is 18.1. The number of carboxylic acid groups (broad SMARTS) is 1. The fraction of sp³-hybridized carbons (Fsp3) is 0.737. The standard InChI is InChI=1S/C19H33N5O6/c1-10(2)15(22-13(25)8-20)17(27)21-9-14(26)23-16(11(3)4)18(28)24-7-5-6-12(24)19(29)30/h10-12,15-16H,5-9,20H2,1-4H3,(H,21,27)(H,22,25)(H,23,26)(H,29,30). The van der Waals surface area contributed by atoms with E-state index in [0.29, 0.717) is 19.4 Å². The van der Waals surface area contributed by atoms with Gasteiger partial charge in [0, 0.05) is 6.54 Å². The monoisotopic (exact) mass is 427 g/mol. The van der Waals surface area contributed by atoms with E-state index in [1.54, 1.807) is 27.7 Å².